The van der Waals surface area contributed by atoms with Crippen LogP contribution >= 0.6 is 15.9 Å². The number of alkyl halides is 3. The summed E-state index contributed by atoms with van der Waals surface area (Å²) in [6.07, 6.45) is -3.51. The van der Waals surface area contributed by atoms with Crippen LogP contribution in [0, 0.1) is 10.1 Å². The van der Waals surface area contributed by atoms with E-state index in [1.54, 1.807) is 0 Å². The highest BCUT2D eigenvalue weighted by atomic mass is 79.9. The highest BCUT2D eigenvalue weighted by Crippen LogP contribution is 2.43. The van der Waals surface area contributed by atoms with Gasteiger partial charge in [-0.2, -0.15) is 18.3 Å². The lowest BCUT2D eigenvalue weighted by atomic mass is 10.1. The van der Waals surface area contributed by atoms with Crippen LogP contribution in [0.25, 0.3) is 10.9 Å². The maximum atomic E-state index is 12.8. The summed E-state index contributed by atoms with van der Waals surface area (Å²) in [7, 11) is 1.42. The van der Waals surface area contributed by atoms with E-state index in [0.29, 0.717) is 0 Å². The van der Waals surface area contributed by atoms with E-state index in [-0.39, 0.29) is 10.9 Å². The first kappa shape index (κ1) is 12.8. The van der Waals surface area contributed by atoms with E-state index >= 15 is 0 Å². The van der Waals surface area contributed by atoms with Crippen molar-refractivity contribution in [1.82, 2.24) is 9.78 Å². The van der Waals surface area contributed by atoms with E-state index in [2.05, 4.69) is 21.0 Å². The molecule has 0 N–H and O–H groups in total. The molecule has 0 radical (unpaired) electrons. The molecule has 0 aliphatic heterocycles. The lowest BCUT2D eigenvalue weighted by Crippen LogP contribution is -2.08. The molecule has 1 aromatic carbocycles. The Hall–Kier alpha value is -1.64. The van der Waals surface area contributed by atoms with Crippen molar-refractivity contribution in [2.45, 2.75) is 6.18 Å². The van der Waals surface area contributed by atoms with E-state index in [0.717, 1.165) is 10.7 Å². The topological polar surface area (TPSA) is 61.0 Å². The molecule has 0 bridgehead atoms. The third kappa shape index (κ3) is 1.84. The van der Waals surface area contributed by atoms with Crippen molar-refractivity contribution in [3.63, 3.8) is 0 Å². The van der Waals surface area contributed by atoms with Gasteiger partial charge >= 0.3 is 6.18 Å². The van der Waals surface area contributed by atoms with E-state index in [1.165, 1.54) is 13.2 Å². The monoisotopic (exact) mass is 323 g/mol. The molecule has 0 aliphatic carbocycles. The zero-order valence-corrected chi connectivity index (χ0v) is 10.4. The van der Waals surface area contributed by atoms with Crippen LogP contribution in [0.3, 0.4) is 0 Å². The number of nitro benzene ring substituents is 1. The molecule has 2 aromatic rings. The van der Waals surface area contributed by atoms with Crippen LogP contribution in [0.4, 0.5) is 18.9 Å². The molecule has 0 amide bonds. The number of fused-ring (bicyclic) bond motifs is 1. The van der Waals surface area contributed by atoms with Crippen molar-refractivity contribution >= 4 is 32.5 Å². The van der Waals surface area contributed by atoms with E-state index < -0.39 is 26.8 Å². The maximum Gasteiger partial charge on any atom is 0.417 e. The fraction of sp³-hybridized carbons (Fsp3) is 0.222. The van der Waals surface area contributed by atoms with Gasteiger partial charge in [0.15, 0.2) is 0 Å². The number of rotatable bonds is 1. The molecule has 0 fully saturated rings. The van der Waals surface area contributed by atoms with Gasteiger partial charge in [0.05, 0.1) is 27.6 Å². The van der Waals surface area contributed by atoms with Crippen molar-refractivity contribution in [2.24, 2.45) is 7.05 Å². The predicted octanol–water partition coefficient (Wildman–Crippen LogP) is 3.26. The van der Waals surface area contributed by atoms with Crippen LogP contribution in [-0.4, -0.2) is 14.7 Å². The second kappa shape index (κ2) is 3.94. The number of nitrogens with zero attached hydrogens (tertiary/aromatic N) is 3. The zero-order chi connectivity index (χ0) is 13.7. The van der Waals surface area contributed by atoms with Crippen molar-refractivity contribution in [1.29, 1.82) is 0 Å². The van der Waals surface area contributed by atoms with Crippen LogP contribution in [-0.2, 0) is 13.2 Å². The van der Waals surface area contributed by atoms with E-state index in [4.69, 9.17) is 0 Å². The Morgan fingerprint density at radius 1 is 1.50 bits per heavy atom. The lowest BCUT2D eigenvalue weighted by molar-refractivity contribution is -0.384. The number of benzene rings is 1. The first-order valence-corrected chi connectivity index (χ1v) is 5.38. The van der Waals surface area contributed by atoms with Crippen LogP contribution in [0.15, 0.2) is 16.7 Å². The highest BCUT2D eigenvalue weighted by molar-refractivity contribution is 9.10. The number of hydrogen-bond acceptors (Lipinski definition) is 3. The normalized spacial score (nSPS) is 12.1. The Morgan fingerprint density at radius 3 is 2.61 bits per heavy atom. The van der Waals surface area contributed by atoms with Crippen LogP contribution < -0.4 is 0 Å². The first-order chi connectivity index (χ1) is 8.23. The molecule has 0 saturated carbocycles. The molecule has 0 saturated heterocycles. The van der Waals surface area contributed by atoms with Gasteiger partial charge in [-0.3, -0.25) is 14.8 Å². The van der Waals surface area contributed by atoms with E-state index in [1.807, 2.05) is 0 Å². The summed E-state index contributed by atoms with van der Waals surface area (Å²) in [5.74, 6) is 0. The minimum Gasteiger partial charge on any atom is -0.268 e. The molecule has 0 unspecified atom stereocenters. The number of halogens is 4. The molecule has 2 rings (SSSR count). The van der Waals surface area contributed by atoms with Gasteiger partial charge in [-0.15, -0.1) is 0 Å². The van der Waals surface area contributed by atoms with Crippen molar-refractivity contribution in [3.05, 3.63) is 32.4 Å². The van der Waals surface area contributed by atoms with Crippen LogP contribution in [0.5, 0.6) is 0 Å². The SMILES string of the molecule is Cn1ncc2c([N+](=O)[O-])c(Br)c(C(F)(F)F)cc21. The molecule has 0 aliphatic rings. The third-order valence-electron chi connectivity index (χ3n) is 2.45. The van der Waals surface area contributed by atoms with Crippen molar-refractivity contribution < 1.29 is 18.1 Å². The fourth-order valence-corrected chi connectivity index (χ4v) is 2.33. The Morgan fingerprint density at radius 2 is 2.11 bits per heavy atom. The molecule has 0 atom stereocenters. The standard InChI is InChI=1S/C9H5BrF3N3O2/c1-15-6-2-5(9(11,12)13)7(10)8(16(17)18)4(6)3-14-15/h2-3H,1H3. The summed E-state index contributed by atoms with van der Waals surface area (Å²) in [5.41, 5.74) is -1.67. The maximum absolute atomic E-state index is 12.8. The Labute approximate surface area is 106 Å². The molecule has 1 aromatic heterocycles. The average molecular weight is 324 g/mol. The zero-order valence-electron chi connectivity index (χ0n) is 8.82. The largest absolute Gasteiger partial charge is 0.417 e. The second-order valence-electron chi connectivity index (χ2n) is 3.54. The minimum absolute atomic E-state index is 0.0530. The lowest BCUT2D eigenvalue weighted by Gasteiger charge is -2.10. The summed E-state index contributed by atoms with van der Waals surface area (Å²) in [6, 6.07) is 0.833. The molecular formula is C9H5BrF3N3O2. The van der Waals surface area contributed by atoms with Gasteiger partial charge in [0.25, 0.3) is 5.69 Å². The van der Waals surface area contributed by atoms with Crippen LogP contribution in [0.1, 0.15) is 5.56 Å². The van der Waals surface area contributed by atoms with Crippen molar-refractivity contribution in [3.8, 4) is 0 Å². The Bertz CT molecular complexity index is 651. The highest BCUT2D eigenvalue weighted by Gasteiger charge is 2.38. The van der Waals surface area contributed by atoms with Gasteiger partial charge in [0, 0.05) is 7.05 Å². The second-order valence-corrected chi connectivity index (χ2v) is 4.34. The summed E-state index contributed by atoms with van der Waals surface area (Å²) in [4.78, 5) is 10.0. The summed E-state index contributed by atoms with van der Waals surface area (Å²) >= 11 is 2.65. The summed E-state index contributed by atoms with van der Waals surface area (Å²) in [6.45, 7) is 0. The average Bonchev–Trinajstić information content (AvgIpc) is 2.57. The molecule has 18 heavy (non-hydrogen) atoms. The van der Waals surface area contributed by atoms with E-state index in [9.17, 15) is 23.3 Å². The molecule has 9 heteroatoms. The van der Waals surface area contributed by atoms with Gasteiger partial charge in [-0.05, 0) is 22.0 Å². The number of hydrogen-bond donors (Lipinski definition) is 0. The number of nitro groups is 1. The molecule has 96 valence electrons. The molecular weight excluding hydrogens is 319 g/mol. The van der Waals surface area contributed by atoms with Gasteiger partial charge in [0.2, 0.25) is 0 Å². The van der Waals surface area contributed by atoms with Gasteiger partial charge in [-0.1, -0.05) is 0 Å². The first-order valence-electron chi connectivity index (χ1n) is 4.59. The van der Waals surface area contributed by atoms with Crippen molar-refractivity contribution in [2.75, 3.05) is 0 Å². The van der Waals surface area contributed by atoms with Crippen LogP contribution in [0.2, 0.25) is 0 Å². The quantitative estimate of drug-likeness (QED) is 0.597. The van der Waals surface area contributed by atoms with Gasteiger partial charge in [-0.25, -0.2) is 0 Å². The summed E-state index contributed by atoms with van der Waals surface area (Å²) in [5, 5.41) is 14.7. The number of aryl methyl sites for hydroxylation is 1. The predicted molar refractivity (Wildman–Crippen MR) is 60.1 cm³/mol. The smallest absolute Gasteiger partial charge is 0.268 e. The van der Waals surface area contributed by atoms with Gasteiger partial charge in [0.1, 0.15) is 4.47 Å². The van der Waals surface area contributed by atoms with Gasteiger partial charge < -0.3 is 0 Å². The molecule has 1 heterocycles. The Balaban J connectivity index is 2.95. The molecule has 5 nitrogen and oxygen atoms in total. The molecule has 0 spiro atoms. The Kier molecular flexibility index (Phi) is 2.80. The summed E-state index contributed by atoms with van der Waals surface area (Å²) < 4.78 is 38.9. The minimum atomic E-state index is -4.68. The number of aromatic nitrogens is 2. The fourth-order valence-electron chi connectivity index (χ4n) is 1.63. The third-order valence-corrected chi connectivity index (χ3v) is 3.26.